The van der Waals surface area contributed by atoms with E-state index in [0.717, 1.165) is 22.3 Å². The van der Waals surface area contributed by atoms with Crippen LogP contribution in [0.25, 0.3) is 10.9 Å². The number of likely N-dealkylation sites (N-methyl/N-ethyl adjacent to an activating group) is 1. The zero-order valence-corrected chi connectivity index (χ0v) is 12.1. The predicted octanol–water partition coefficient (Wildman–Crippen LogP) is 1.14. The van der Waals surface area contributed by atoms with E-state index in [0.29, 0.717) is 13.1 Å². The Kier molecular flexibility index (Phi) is 4.53. The number of anilines is 1. The van der Waals surface area contributed by atoms with Gasteiger partial charge in [0.1, 0.15) is 5.82 Å². The standard InChI is InChI=1S/C15H20N4O/c1-16-10-15(20)17-9-11-8-14(19(2)3)18-13-7-5-4-6-12(11)13/h4-8,16H,9-10H2,1-3H3,(H,17,20). The van der Waals surface area contributed by atoms with E-state index in [1.54, 1.807) is 7.05 Å². The zero-order valence-electron chi connectivity index (χ0n) is 12.1. The number of aromatic nitrogens is 1. The number of fused-ring (bicyclic) bond motifs is 1. The summed E-state index contributed by atoms with van der Waals surface area (Å²) in [4.78, 5) is 18.1. The number of para-hydroxylation sites is 1. The fourth-order valence-electron chi connectivity index (χ4n) is 2.02. The van der Waals surface area contributed by atoms with Gasteiger partial charge in [-0.3, -0.25) is 4.79 Å². The summed E-state index contributed by atoms with van der Waals surface area (Å²) in [6, 6.07) is 9.99. The first-order valence-corrected chi connectivity index (χ1v) is 6.59. The molecule has 1 aromatic heterocycles. The first-order valence-electron chi connectivity index (χ1n) is 6.59. The average molecular weight is 272 g/mol. The molecule has 0 radical (unpaired) electrons. The van der Waals surface area contributed by atoms with E-state index < -0.39 is 0 Å². The largest absolute Gasteiger partial charge is 0.363 e. The lowest BCUT2D eigenvalue weighted by Gasteiger charge is -2.15. The summed E-state index contributed by atoms with van der Waals surface area (Å²) in [5.41, 5.74) is 2.01. The van der Waals surface area contributed by atoms with Crippen molar-refractivity contribution in [3.05, 3.63) is 35.9 Å². The smallest absolute Gasteiger partial charge is 0.234 e. The third-order valence-electron chi connectivity index (χ3n) is 3.06. The molecule has 106 valence electrons. The molecular formula is C15H20N4O. The van der Waals surface area contributed by atoms with Crippen LogP contribution >= 0.6 is 0 Å². The van der Waals surface area contributed by atoms with E-state index in [-0.39, 0.29) is 5.91 Å². The normalized spacial score (nSPS) is 10.6. The van der Waals surface area contributed by atoms with Gasteiger partial charge in [0.15, 0.2) is 0 Å². The molecule has 0 aliphatic rings. The molecule has 0 atom stereocenters. The minimum atomic E-state index is -0.0141. The fraction of sp³-hybridized carbons (Fsp3) is 0.333. The first-order chi connectivity index (χ1) is 9.61. The molecule has 2 aromatic rings. The SMILES string of the molecule is CNCC(=O)NCc1cc(N(C)C)nc2ccccc12. The number of benzene rings is 1. The summed E-state index contributed by atoms with van der Waals surface area (Å²) in [5, 5.41) is 6.82. The fourth-order valence-corrected chi connectivity index (χ4v) is 2.02. The van der Waals surface area contributed by atoms with Crippen LogP contribution in [0.1, 0.15) is 5.56 Å². The van der Waals surface area contributed by atoms with E-state index in [1.807, 2.05) is 49.3 Å². The first kappa shape index (κ1) is 14.3. The maximum atomic E-state index is 11.6. The molecule has 5 heteroatoms. The van der Waals surface area contributed by atoms with Gasteiger partial charge in [0.25, 0.3) is 0 Å². The quantitative estimate of drug-likeness (QED) is 0.857. The highest BCUT2D eigenvalue weighted by Gasteiger charge is 2.08. The predicted molar refractivity (Wildman–Crippen MR) is 81.8 cm³/mol. The van der Waals surface area contributed by atoms with Gasteiger partial charge in [0.2, 0.25) is 5.91 Å². The van der Waals surface area contributed by atoms with Crippen molar-refractivity contribution >= 4 is 22.6 Å². The van der Waals surface area contributed by atoms with Gasteiger partial charge in [-0.1, -0.05) is 18.2 Å². The van der Waals surface area contributed by atoms with E-state index in [4.69, 9.17) is 0 Å². The number of carbonyl (C=O) groups is 1. The third kappa shape index (κ3) is 3.24. The summed E-state index contributed by atoms with van der Waals surface area (Å²) in [6.45, 7) is 0.827. The van der Waals surface area contributed by atoms with Crippen LogP contribution in [0, 0.1) is 0 Å². The van der Waals surface area contributed by atoms with E-state index in [9.17, 15) is 4.79 Å². The number of nitrogens with zero attached hydrogens (tertiary/aromatic N) is 2. The van der Waals surface area contributed by atoms with Gasteiger partial charge in [-0.2, -0.15) is 0 Å². The van der Waals surface area contributed by atoms with Crippen LogP contribution in [0.2, 0.25) is 0 Å². The number of hydrogen-bond donors (Lipinski definition) is 2. The summed E-state index contributed by atoms with van der Waals surface area (Å²) >= 11 is 0. The number of hydrogen-bond acceptors (Lipinski definition) is 4. The summed E-state index contributed by atoms with van der Waals surface area (Å²) in [6.07, 6.45) is 0. The highest BCUT2D eigenvalue weighted by atomic mass is 16.1. The van der Waals surface area contributed by atoms with Gasteiger partial charge in [-0.15, -0.1) is 0 Å². The summed E-state index contributed by atoms with van der Waals surface area (Å²) in [7, 11) is 5.67. The van der Waals surface area contributed by atoms with Crippen molar-refractivity contribution in [2.75, 3.05) is 32.6 Å². The molecule has 2 N–H and O–H groups in total. The topological polar surface area (TPSA) is 57.3 Å². The number of nitrogens with one attached hydrogen (secondary N) is 2. The lowest BCUT2D eigenvalue weighted by molar-refractivity contribution is -0.120. The Morgan fingerprint density at radius 3 is 2.75 bits per heavy atom. The minimum absolute atomic E-state index is 0.0141. The highest BCUT2D eigenvalue weighted by molar-refractivity contribution is 5.85. The molecule has 0 aliphatic heterocycles. The molecule has 0 fully saturated rings. The van der Waals surface area contributed by atoms with E-state index in [2.05, 4.69) is 15.6 Å². The lowest BCUT2D eigenvalue weighted by Crippen LogP contribution is -2.31. The van der Waals surface area contributed by atoms with Crippen molar-refractivity contribution in [2.45, 2.75) is 6.54 Å². The van der Waals surface area contributed by atoms with Gasteiger partial charge >= 0.3 is 0 Å². The van der Waals surface area contributed by atoms with Crippen LogP contribution < -0.4 is 15.5 Å². The van der Waals surface area contributed by atoms with E-state index >= 15 is 0 Å². The minimum Gasteiger partial charge on any atom is -0.363 e. The molecule has 0 spiro atoms. The van der Waals surface area contributed by atoms with Crippen LogP contribution in [-0.4, -0.2) is 38.6 Å². The second kappa shape index (κ2) is 6.34. The van der Waals surface area contributed by atoms with Crippen molar-refractivity contribution in [3.63, 3.8) is 0 Å². The highest BCUT2D eigenvalue weighted by Crippen LogP contribution is 2.21. The van der Waals surface area contributed by atoms with Crippen LogP contribution in [0.4, 0.5) is 5.82 Å². The van der Waals surface area contributed by atoms with Crippen molar-refractivity contribution in [1.82, 2.24) is 15.6 Å². The maximum absolute atomic E-state index is 11.6. The molecule has 0 unspecified atom stereocenters. The molecule has 0 saturated carbocycles. The van der Waals surface area contributed by atoms with Crippen molar-refractivity contribution in [2.24, 2.45) is 0 Å². The van der Waals surface area contributed by atoms with Crippen LogP contribution in [0.3, 0.4) is 0 Å². The number of carbonyl (C=O) groups excluding carboxylic acids is 1. The number of rotatable bonds is 5. The van der Waals surface area contributed by atoms with Crippen molar-refractivity contribution in [1.29, 1.82) is 0 Å². The van der Waals surface area contributed by atoms with Gasteiger partial charge in [0, 0.05) is 26.0 Å². The molecule has 0 saturated heterocycles. The van der Waals surface area contributed by atoms with Crippen molar-refractivity contribution < 1.29 is 4.79 Å². The molecule has 1 amide bonds. The summed E-state index contributed by atoms with van der Waals surface area (Å²) in [5.74, 6) is 0.876. The van der Waals surface area contributed by atoms with E-state index in [1.165, 1.54) is 0 Å². The maximum Gasteiger partial charge on any atom is 0.234 e. The number of pyridine rings is 1. The Balaban J connectivity index is 2.32. The summed E-state index contributed by atoms with van der Waals surface area (Å²) < 4.78 is 0. The third-order valence-corrected chi connectivity index (χ3v) is 3.06. The Morgan fingerprint density at radius 2 is 2.05 bits per heavy atom. The Morgan fingerprint density at radius 1 is 1.30 bits per heavy atom. The van der Waals surface area contributed by atoms with Gasteiger partial charge in [0.05, 0.1) is 12.1 Å². The molecule has 2 rings (SSSR count). The molecule has 1 heterocycles. The Labute approximate surface area is 119 Å². The molecule has 0 bridgehead atoms. The Hall–Kier alpha value is -2.14. The zero-order chi connectivity index (χ0) is 14.5. The monoisotopic (exact) mass is 272 g/mol. The van der Waals surface area contributed by atoms with Crippen LogP contribution in [0.15, 0.2) is 30.3 Å². The molecule has 0 aliphatic carbocycles. The number of amides is 1. The van der Waals surface area contributed by atoms with Crippen LogP contribution in [-0.2, 0) is 11.3 Å². The molecule has 20 heavy (non-hydrogen) atoms. The van der Waals surface area contributed by atoms with Gasteiger partial charge in [-0.05, 0) is 24.7 Å². The lowest BCUT2D eigenvalue weighted by atomic mass is 10.1. The van der Waals surface area contributed by atoms with Crippen LogP contribution in [0.5, 0.6) is 0 Å². The Bertz CT molecular complexity index is 610. The molecular weight excluding hydrogens is 252 g/mol. The average Bonchev–Trinajstić information content (AvgIpc) is 2.44. The van der Waals surface area contributed by atoms with Gasteiger partial charge in [-0.25, -0.2) is 4.98 Å². The molecule has 5 nitrogen and oxygen atoms in total. The van der Waals surface area contributed by atoms with Gasteiger partial charge < -0.3 is 15.5 Å². The second-order valence-electron chi connectivity index (χ2n) is 4.86. The second-order valence-corrected chi connectivity index (χ2v) is 4.86. The van der Waals surface area contributed by atoms with Crippen molar-refractivity contribution in [3.8, 4) is 0 Å². The molecule has 1 aromatic carbocycles.